The molecule has 0 atom stereocenters. The molecule has 1 aliphatic carbocycles. The van der Waals surface area contributed by atoms with Crippen LogP contribution in [0.2, 0.25) is 0 Å². The minimum atomic E-state index is 0.0618. The van der Waals surface area contributed by atoms with Crippen LogP contribution in [0.25, 0.3) is 5.53 Å². The quantitative estimate of drug-likeness (QED) is 0.419. The van der Waals surface area contributed by atoms with Crippen LogP contribution in [0.1, 0.15) is 51.9 Å². The van der Waals surface area contributed by atoms with Crippen molar-refractivity contribution in [1.82, 2.24) is 5.32 Å². The number of carbonyl (C=O) groups excluding carboxylic acids is 1. The molecular formula is C14H21N3O. The number of hydrogen-bond acceptors (Lipinski definition) is 1. The van der Waals surface area contributed by atoms with Gasteiger partial charge in [0.15, 0.2) is 0 Å². The number of amides is 1. The number of allylic oxidation sites excluding steroid dienone is 3. The van der Waals surface area contributed by atoms with Gasteiger partial charge in [0.05, 0.1) is 6.42 Å². The van der Waals surface area contributed by atoms with E-state index < -0.39 is 0 Å². The van der Waals surface area contributed by atoms with Crippen LogP contribution in [0.15, 0.2) is 23.9 Å². The predicted molar refractivity (Wildman–Crippen MR) is 72.0 cm³/mol. The van der Waals surface area contributed by atoms with Crippen molar-refractivity contribution in [2.75, 3.05) is 0 Å². The first kappa shape index (κ1) is 14.4. The average Bonchev–Trinajstić information content (AvgIpc) is 2.39. The van der Waals surface area contributed by atoms with Gasteiger partial charge >= 0.3 is 0 Å². The van der Waals surface area contributed by atoms with Crippen molar-refractivity contribution in [3.8, 4) is 0 Å². The van der Waals surface area contributed by atoms with E-state index in [4.69, 9.17) is 5.53 Å². The zero-order valence-electron chi connectivity index (χ0n) is 11.0. The Labute approximate surface area is 108 Å². The Hall–Kier alpha value is -1.67. The Morgan fingerprint density at radius 2 is 2.11 bits per heavy atom. The first-order valence-corrected chi connectivity index (χ1v) is 6.65. The van der Waals surface area contributed by atoms with Crippen LogP contribution in [0.4, 0.5) is 0 Å². The summed E-state index contributed by atoms with van der Waals surface area (Å²) in [6, 6.07) is 0. The zero-order chi connectivity index (χ0) is 13.2. The number of rotatable bonds is 7. The van der Waals surface area contributed by atoms with Gasteiger partial charge in [-0.1, -0.05) is 32.6 Å². The van der Waals surface area contributed by atoms with Crippen LogP contribution in [0, 0.1) is 0 Å². The van der Waals surface area contributed by atoms with Gasteiger partial charge in [-0.2, -0.15) is 4.79 Å². The molecule has 98 valence electrons. The molecule has 1 rings (SSSR count). The van der Waals surface area contributed by atoms with Crippen molar-refractivity contribution < 1.29 is 9.58 Å². The molecule has 0 spiro atoms. The number of unbranched alkanes of at least 4 members (excludes halogenated alkanes) is 4. The Bertz CT molecular complexity index is 390. The summed E-state index contributed by atoms with van der Waals surface area (Å²) in [4.78, 5) is 14.7. The highest BCUT2D eigenvalue weighted by Gasteiger charge is 2.09. The van der Waals surface area contributed by atoms with Crippen molar-refractivity contribution in [3.63, 3.8) is 0 Å². The lowest BCUT2D eigenvalue weighted by molar-refractivity contribution is -0.120. The lowest BCUT2D eigenvalue weighted by atomic mass is 10.1. The standard InChI is InChI=1S/C14H21N3O/c1-2-3-4-5-6-7-14(18)16-12-8-10-13(17-15)11-9-12/h8-10H,2-7,11H2,1H3,(H,16,18). The maximum atomic E-state index is 11.6. The summed E-state index contributed by atoms with van der Waals surface area (Å²) in [5, 5.41) is 2.85. The average molecular weight is 247 g/mol. The van der Waals surface area contributed by atoms with Gasteiger partial charge in [-0.05, 0) is 18.6 Å². The Morgan fingerprint density at radius 1 is 1.33 bits per heavy atom. The van der Waals surface area contributed by atoms with Crippen molar-refractivity contribution in [3.05, 3.63) is 29.5 Å². The van der Waals surface area contributed by atoms with Crippen LogP contribution in [-0.4, -0.2) is 16.4 Å². The van der Waals surface area contributed by atoms with E-state index in [9.17, 15) is 4.79 Å². The molecule has 0 heterocycles. The number of nitrogens with zero attached hydrogens (tertiary/aromatic N) is 2. The molecule has 0 bridgehead atoms. The summed E-state index contributed by atoms with van der Waals surface area (Å²) in [7, 11) is 0. The van der Waals surface area contributed by atoms with Gasteiger partial charge in [0.2, 0.25) is 5.91 Å². The molecular weight excluding hydrogens is 226 g/mol. The van der Waals surface area contributed by atoms with Crippen LogP contribution in [-0.2, 0) is 4.79 Å². The number of carbonyl (C=O) groups is 1. The van der Waals surface area contributed by atoms with Gasteiger partial charge in [-0.3, -0.25) is 4.79 Å². The van der Waals surface area contributed by atoms with Gasteiger partial charge in [0, 0.05) is 18.2 Å². The fourth-order valence-corrected chi connectivity index (χ4v) is 1.82. The monoisotopic (exact) mass is 247 g/mol. The summed E-state index contributed by atoms with van der Waals surface area (Å²) in [6.07, 6.45) is 12.2. The molecule has 0 aromatic rings. The number of nitrogens with one attached hydrogen (secondary N) is 1. The van der Waals surface area contributed by atoms with Crippen LogP contribution in [0.3, 0.4) is 0 Å². The third-order valence-electron chi connectivity index (χ3n) is 2.91. The lowest BCUT2D eigenvalue weighted by Crippen LogP contribution is -2.22. The summed E-state index contributed by atoms with van der Waals surface area (Å²) in [6.45, 7) is 2.18. The molecule has 0 aromatic heterocycles. The highest BCUT2D eigenvalue weighted by atomic mass is 16.1. The van der Waals surface area contributed by atoms with Gasteiger partial charge in [-0.15, -0.1) is 0 Å². The normalized spacial score (nSPS) is 14.1. The maximum Gasteiger partial charge on any atom is 0.295 e. The third-order valence-corrected chi connectivity index (χ3v) is 2.91. The van der Waals surface area contributed by atoms with E-state index >= 15 is 0 Å². The molecule has 4 heteroatoms. The van der Waals surface area contributed by atoms with Crippen LogP contribution >= 0.6 is 0 Å². The van der Waals surface area contributed by atoms with E-state index in [2.05, 4.69) is 17.0 Å². The minimum Gasteiger partial charge on any atom is -0.361 e. The van der Waals surface area contributed by atoms with Crippen molar-refractivity contribution >= 4 is 11.6 Å². The molecule has 0 unspecified atom stereocenters. The largest absolute Gasteiger partial charge is 0.361 e. The second-order valence-corrected chi connectivity index (χ2v) is 4.50. The summed E-state index contributed by atoms with van der Waals surface area (Å²) < 4.78 is 0. The first-order valence-electron chi connectivity index (χ1n) is 6.65. The van der Waals surface area contributed by atoms with Gasteiger partial charge in [0.25, 0.3) is 5.71 Å². The Morgan fingerprint density at radius 3 is 2.72 bits per heavy atom. The van der Waals surface area contributed by atoms with E-state index in [1.165, 1.54) is 19.3 Å². The molecule has 0 aromatic carbocycles. The van der Waals surface area contributed by atoms with E-state index in [0.717, 1.165) is 18.5 Å². The maximum absolute atomic E-state index is 11.6. The van der Waals surface area contributed by atoms with Gasteiger partial charge < -0.3 is 10.8 Å². The van der Waals surface area contributed by atoms with Crippen LogP contribution in [0.5, 0.6) is 0 Å². The molecule has 1 aliphatic rings. The first-order chi connectivity index (χ1) is 8.76. The van der Waals surface area contributed by atoms with Crippen LogP contribution < -0.4 is 5.32 Å². The third kappa shape index (κ3) is 5.60. The molecule has 4 nitrogen and oxygen atoms in total. The lowest BCUT2D eigenvalue weighted by Gasteiger charge is -2.07. The molecule has 0 saturated carbocycles. The molecule has 1 N–H and O–H groups in total. The summed E-state index contributed by atoms with van der Waals surface area (Å²) in [5.41, 5.74) is 9.96. The topological polar surface area (TPSA) is 65.5 Å². The second-order valence-electron chi connectivity index (χ2n) is 4.50. The van der Waals surface area contributed by atoms with Gasteiger partial charge in [-0.25, -0.2) is 0 Å². The smallest absolute Gasteiger partial charge is 0.295 e. The molecule has 18 heavy (non-hydrogen) atoms. The molecule has 1 amide bonds. The van der Waals surface area contributed by atoms with Crippen molar-refractivity contribution in [1.29, 1.82) is 0 Å². The number of hydrogen-bond donors (Lipinski definition) is 1. The summed E-state index contributed by atoms with van der Waals surface area (Å²) >= 11 is 0. The zero-order valence-corrected chi connectivity index (χ0v) is 11.0. The predicted octanol–water partition coefficient (Wildman–Crippen LogP) is 2.98. The Kier molecular flexibility index (Phi) is 6.74. The van der Waals surface area contributed by atoms with Gasteiger partial charge in [0.1, 0.15) is 0 Å². The van der Waals surface area contributed by atoms with E-state index in [1.807, 2.05) is 6.08 Å². The highest BCUT2D eigenvalue weighted by molar-refractivity contribution is 5.93. The summed E-state index contributed by atoms with van der Waals surface area (Å²) in [5.74, 6) is 0.0618. The Balaban J connectivity index is 2.19. The minimum absolute atomic E-state index is 0.0618. The molecule has 0 radical (unpaired) electrons. The van der Waals surface area contributed by atoms with Crippen molar-refractivity contribution in [2.24, 2.45) is 0 Å². The fourth-order valence-electron chi connectivity index (χ4n) is 1.82. The molecule has 0 fully saturated rings. The van der Waals surface area contributed by atoms with Crippen molar-refractivity contribution in [2.45, 2.75) is 51.9 Å². The molecule has 0 saturated heterocycles. The SMILES string of the molecule is CCCCCCCC(=O)NC1=CCC(=[N+]=[N-])C=C1. The van der Waals surface area contributed by atoms with E-state index in [0.29, 0.717) is 18.6 Å². The fraction of sp³-hybridized carbons (Fsp3) is 0.571. The second kappa shape index (κ2) is 8.43. The van der Waals surface area contributed by atoms with E-state index in [1.54, 1.807) is 12.2 Å². The highest BCUT2D eigenvalue weighted by Crippen LogP contribution is 2.07. The molecule has 0 aliphatic heterocycles. The van der Waals surface area contributed by atoms with E-state index in [-0.39, 0.29) is 5.91 Å².